The first-order chi connectivity index (χ1) is 13.7. The number of halogens is 3. The maximum atomic E-state index is 12.6. The van der Waals surface area contributed by atoms with Crippen molar-refractivity contribution < 1.29 is 30.8 Å². The van der Waals surface area contributed by atoms with E-state index < -0.39 is 22.1 Å². The molecule has 152 valence electrons. The van der Waals surface area contributed by atoms with E-state index in [1.165, 1.54) is 4.31 Å². The fourth-order valence-electron chi connectivity index (χ4n) is 2.77. The van der Waals surface area contributed by atoms with Crippen molar-refractivity contribution >= 4 is 10.0 Å². The largest absolute Gasteiger partial charge is 0.573 e. The van der Waals surface area contributed by atoms with Crippen molar-refractivity contribution in [2.45, 2.75) is 17.2 Å². The SMILES string of the molecule is O=S(=O)(c1ccc(OC(F)(F)F)cc1)N1CC(c2nc(-c3ccncc3)no2)C1. The van der Waals surface area contributed by atoms with Crippen molar-refractivity contribution in [2.75, 3.05) is 13.1 Å². The minimum absolute atomic E-state index is 0.126. The standard InChI is InChI=1S/C17H13F3N4O4S/c18-17(19,20)27-13-1-3-14(4-2-13)29(25,26)24-9-12(10-24)16-22-15(23-28-16)11-5-7-21-8-6-11/h1-8,12H,9-10H2. The fraction of sp³-hybridized carbons (Fsp3) is 0.235. The molecule has 0 aliphatic carbocycles. The first-order valence-electron chi connectivity index (χ1n) is 8.32. The highest BCUT2D eigenvalue weighted by molar-refractivity contribution is 7.89. The number of aromatic nitrogens is 3. The van der Waals surface area contributed by atoms with E-state index in [-0.39, 0.29) is 23.9 Å². The molecule has 1 aromatic carbocycles. The van der Waals surface area contributed by atoms with Gasteiger partial charge in [-0.2, -0.15) is 9.29 Å². The second-order valence-corrected chi connectivity index (χ2v) is 8.17. The molecule has 1 fully saturated rings. The van der Waals surface area contributed by atoms with E-state index in [0.29, 0.717) is 11.7 Å². The molecule has 3 aromatic rings. The summed E-state index contributed by atoms with van der Waals surface area (Å²) in [6.07, 6.45) is -1.66. The molecular weight excluding hydrogens is 413 g/mol. The molecule has 0 spiro atoms. The van der Waals surface area contributed by atoms with E-state index in [9.17, 15) is 21.6 Å². The molecule has 0 atom stereocenters. The van der Waals surface area contributed by atoms with Crippen molar-refractivity contribution in [2.24, 2.45) is 0 Å². The van der Waals surface area contributed by atoms with Crippen LogP contribution >= 0.6 is 0 Å². The van der Waals surface area contributed by atoms with Gasteiger partial charge in [0.25, 0.3) is 0 Å². The molecule has 1 saturated heterocycles. The maximum absolute atomic E-state index is 12.6. The number of benzene rings is 1. The summed E-state index contributed by atoms with van der Waals surface area (Å²) in [7, 11) is -3.85. The quantitative estimate of drug-likeness (QED) is 0.619. The van der Waals surface area contributed by atoms with Gasteiger partial charge in [0.1, 0.15) is 5.75 Å². The molecule has 8 nitrogen and oxygen atoms in total. The molecule has 0 unspecified atom stereocenters. The minimum atomic E-state index is -4.84. The van der Waals surface area contributed by atoms with Gasteiger partial charge in [-0.05, 0) is 36.4 Å². The Morgan fingerprint density at radius 3 is 2.34 bits per heavy atom. The molecule has 1 aliphatic heterocycles. The number of sulfonamides is 1. The van der Waals surface area contributed by atoms with Crippen LogP contribution in [0.2, 0.25) is 0 Å². The highest BCUT2D eigenvalue weighted by Crippen LogP contribution is 2.33. The van der Waals surface area contributed by atoms with Gasteiger partial charge in [0.05, 0.1) is 10.8 Å². The Balaban J connectivity index is 1.42. The number of hydrogen-bond acceptors (Lipinski definition) is 7. The topological polar surface area (TPSA) is 98.4 Å². The van der Waals surface area contributed by atoms with Gasteiger partial charge in [-0.15, -0.1) is 13.2 Å². The van der Waals surface area contributed by atoms with Crippen LogP contribution in [0.5, 0.6) is 5.75 Å². The smallest absolute Gasteiger partial charge is 0.406 e. The van der Waals surface area contributed by atoms with E-state index in [1.54, 1.807) is 24.5 Å². The predicted octanol–water partition coefficient (Wildman–Crippen LogP) is 2.82. The third-order valence-corrected chi connectivity index (χ3v) is 6.12. The summed E-state index contributed by atoms with van der Waals surface area (Å²) < 4.78 is 72.0. The van der Waals surface area contributed by atoms with Crippen molar-refractivity contribution in [1.29, 1.82) is 0 Å². The van der Waals surface area contributed by atoms with Gasteiger partial charge in [0.2, 0.25) is 21.7 Å². The fourth-order valence-corrected chi connectivity index (χ4v) is 4.30. The highest BCUT2D eigenvalue weighted by Gasteiger charge is 2.40. The molecule has 2 aromatic heterocycles. The van der Waals surface area contributed by atoms with Crippen LogP contribution in [0.15, 0.2) is 58.2 Å². The zero-order valence-corrected chi connectivity index (χ0v) is 15.4. The Bertz CT molecular complexity index is 1100. The lowest BCUT2D eigenvalue weighted by molar-refractivity contribution is -0.274. The lowest BCUT2D eigenvalue weighted by Crippen LogP contribution is -2.48. The van der Waals surface area contributed by atoms with Crippen LogP contribution in [0.1, 0.15) is 11.8 Å². The lowest BCUT2D eigenvalue weighted by atomic mass is 10.0. The van der Waals surface area contributed by atoms with Gasteiger partial charge < -0.3 is 9.26 Å². The lowest BCUT2D eigenvalue weighted by Gasteiger charge is -2.35. The van der Waals surface area contributed by atoms with Crippen LogP contribution in [-0.4, -0.2) is 47.3 Å². The predicted molar refractivity (Wildman–Crippen MR) is 92.2 cm³/mol. The van der Waals surface area contributed by atoms with Gasteiger partial charge >= 0.3 is 6.36 Å². The number of ether oxygens (including phenoxy) is 1. The summed E-state index contributed by atoms with van der Waals surface area (Å²) in [4.78, 5) is 8.06. The molecule has 0 radical (unpaired) electrons. The molecule has 0 saturated carbocycles. The summed E-state index contributed by atoms with van der Waals surface area (Å²) in [6.45, 7) is 0.252. The van der Waals surface area contributed by atoms with E-state index in [4.69, 9.17) is 4.52 Å². The highest BCUT2D eigenvalue weighted by atomic mass is 32.2. The number of alkyl halides is 3. The molecule has 0 bridgehead atoms. The number of pyridine rings is 1. The Morgan fingerprint density at radius 2 is 1.72 bits per heavy atom. The van der Waals surface area contributed by atoms with Crippen LogP contribution in [0, 0.1) is 0 Å². The normalized spacial score (nSPS) is 15.8. The van der Waals surface area contributed by atoms with Crippen LogP contribution in [0.3, 0.4) is 0 Å². The van der Waals surface area contributed by atoms with Gasteiger partial charge in [0, 0.05) is 31.0 Å². The average Bonchev–Trinajstić information content (AvgIpc) is 3.10. The molecular formula is C17H13F3N4O4S. The molecule has 12 heteroatoms. The summed E-state index contributed by atoms with van der Waals surface area (Å²) in [5.41, 5.74) is 0.722. The van der Waals surface area contributed by atoms with E-state index in [2.05, 4.69) is 19.9 Å². The van der Waals surface area contributed by atoms with Gasteiger partial charge in [-0.1, -0.05) is 5.16 Å². The van der Waals surface area contributed by atoms with Gasteiger partial charge in [0.15, 0.2) is 0 Å². The summed E-state index contributed by atoms with van der Waals surface area (Å²) >= 11 is 0. The minimum Gasteiger partial charge on any atom is -0.406 e. The molecule has 0 N–H and O–H groups in total. The first kappa shape index (κ1) is 19.3. The summed E-state index contributed by atoms with van der Waals surface area (Å²) in [5.74, 6) is -0.0608. The Hall–Kier alpha value is -2.99. The van der Waals surface area contributed by atoms with Crippen LogP contribution < -0.4 is 4.74 Å². The van der Waals surface area contributed by atoms with E-state index in [0.717, 1.165) is 29.8 Å². The summed E-state index contributed by atoms with van der Waals surface area (Å²) in [6, 6.07) is 7.49. The molecule has 3 heterocycles. The first-order valence-corrected chi connectivity index (χ1v) is 9.76. The van der Waals surface area contributed by atoms with Gasteiger partial charge in [-0.3, -0.25) is 4.98 Å². The van der Waals surface area contributed by atoms with Crippen molar-refractivity contribution in [1.82, 2.24) is 19.4 Å². The molecule has 0 amide bonds. The van der Waals surface area contributed by atoms with E-state index >= 15 is 0 Å². The van der Waals surface area contributed by atoms with Crippen LogP contribution in [0.25, 0.3) is 11.4 Å². The average molecular weight is 426 g/mol. The number of hydrogen-bond donors (Lipinski definition) is 0. The zero-order chi connectivity index (χ0) is 20.6. The third-order valence-electron chi connectivity index (χ3n) is 4.27. The molecule has 4 rings (SSSR count). The number of nitrogens with zero attached hydrogens (tertiary/aromatic N) is 4. The van der Waals surface area contributed by atoms with E-state index in [1.807, 2.05) is 0 Å². The Morgan fingerprint density at radius 1 is 1.07 bits per heavy atom. The maximum Gasteiger partial charge on any atom is 0.573 e. The summed E-state index contributed by atoms with van der Waals surface area (Å²) in [5, 5.41) is 3.89. The monoisotopic (exact) mass is 426 g/mol. The molecule has 1 aliphatic rings. The third kappa shape index (κ3) is 4.07. The second-order valence-electron chi connectivity index (χ2n) is 6.23. The van der Waals surface area contributed by atoms with Crippen LogP contribution in [-0.2, 0) is 10.0 Å². The van der Waals surface area contributed by atoms with Crippen molar-refractivity contribution in [3.8, 4) is 17.1 Å². The van der Waals surface area contributed by atoms with Crippen molar-refractivity contribution in [3.63, 3.8) is 0 Å². The van der Waals surface area contributed by atoms with Crippen LogP contribution in [0.4, 0.5) is 13.2 Å². The van der Waals surface area contributed by atoms with Gasteiger partial charge in [-0.25, -0.2) is 8.42 Å². The second kappa shape index (κ2) is 7.12. The Labute approximate surface area is 163 Å². The Kier molecular flexibility index (Phi) is 4.74. The number of rotatable bonds is 5. The zero-order valence-electron chi connectivity index (χ0n) is 14.6. The van der Waals surface area contributed by atoms with Crippen molar-refractivity contribution in [3.05, 3.63) is 54.7 Å². The molecule has 29 heavy (non-hydrogen) atoms.